The lowest BCUT2D eigenvalue weighted by Gasteiger charge is -2.25. The van der Waals surface area contributed by atoms with Crippen molar-refractivity contribution in [3.63, 3.8) is 0 Å². The van der Waals surface area contributed by atoms with E-state index in [1.54, 1.807) is 6.92 Å². The third-order valence-corrected chi connectivity index (χ3v) is 5.21. The van der Waals surface area contributed by atoms with E-state index in [0.29, 0.717) is 0 Å². The molecule has 3 rings (SSSR count). The zero-order valence-electron chi connectivity index (χ0n) is 16.0. The van der Waals surface area contributed by atoms with E-state index in [9.17, 15) is 4.79 Å². The maximum absolute atomic E-state index is 12.0. The van der Waals surface area contributed by atoms with Crippen LogP contribution in [0.3, 0.4) is 0 Å². The van der Waals surface area contributed by atoms with Gasteiger partial charge in [0.2, 0.25) is 0 Å². The zero-order valence-corrected chi connectivity index (χ0v) is 16.0. The first-order chi connectivity index (χ1) is 11.9. The molecule has 1 fully saturated rings. The molecule has 3 nitrogen and oxygen atoms in total. The Morgan fingerprint density at radius 1 is 1.16 bits per heavy atom. The Morgan fingerprint density at radius 3 is 2.48 bits per heavy atom. The van der Waals surface area contributed by atoms with Gasteiger partial charge in [-0.15, -0.1) is 0 Å². The van der Waals surface area contributed by atoms with E-state index in [-0.39, 0.29) is 11.2 Å². The average molecular weight is 338 g/mol. The first-order valence-corrected chi connectivity index (χ1v) is 9.54. The van der Waals surface area contributed by atoms with Gasteiger partial charge in [-0.25, -0.2) is 4.98 Å². The average Bonchev–Trinajstić information content (AvgIpc) is 3.00. The fraction of sp³-hybridized carbons (Fsp3) is 0.545. The minimum Gasteiger partial charge on any atom is -0.334 e. The molecule has 0 aliphatic heterocycles. The summed E-state index contributed by atoms with van der Waals surface area (Å²) in [6.07, 6.45) is 8.89. The summed E-state index contributed by atoms with van der Waals surface area (Å²) >= 11 is 0. The number of hydrogen-bond acceptors (Lipinski definition) is 2. The smallest absolute Gasteiger partial charge is 0.160 e. The third kappa shape index (κ3) is 4.02. The van der Waals surface area contributed by atoms with Gasteiger partial charge in [-0.2, -0.15) is 0 Å². The molecule has 3 heteroatoms. The van der Waals surface area contributed by atoms with Crippen LogP contribution in [-0.4, -0.2) is 15.3 Å². The number of benzene rings is 1. The maximum Gasteiger partial charge on any atom is 0.160 e. The van der Waals surface area contributed by atoms with E-state index in [1.165, 1.54) is 32.1 Å². The summed E-state index contributed by atoms with van der Waals surface area (Å²) in [6, 6.07) is 7.81. The van der Waals surface area contributed by atoms with Crippen molar-refractivity contribution in [2.75, 3.05) is 0 Å². The monoisotopic (exact) mass is 338 g/mol. The molecule has 2 aromatic rings. The summed E-state index contributed by atoms with van der Waals surface area (Å²) in [6.45, 7) is 9.32. The standard InChI is InChI=1S/C22H30N2O/c1-16(25)18-12-8-9-13-19(18)20-15-24(21(23-20)22(2,3)4)14-17-10-6-5-7-11-17/h8-9,12-13,15,17H,5-7,10-11,14H2,1-4H3. The number of aromatic nitrogens is 2. The van der Waals surface area contributed by atoms with Gasteiger partial charge in [-0.1, -0.05) is 64.3 Å². The fourth-order valence-electron chi connectivity index (χ4n) is 3.94. The molecule has 0 spiro atoms. The highest BCUT2D eigenvalue weighted by atomic mass is 16.1. The van der Waals surface area contributed by atoms with Crippen molar-refractivity contribution in [2.24, 2.45) is 5.92 Å². The number of hydrogen-bond donors (Lipinski definition) is 0. The molecule has 0 amide bonds. The van der Waals surface area contributed by atoms with Crippen molar-refractivity contribution in [2.45, 2.75) is 71.8 Å². The van der Waals surface area contributed by atoms with Gasteiger partial charge >= 0.3 is 0 Å². The number of Topliss-reactive ketones (excluding diaryl/α,β-unsaturated/α-hetero) is 1. The van der Waals surface area contributed by atoms with Crippen molar-refractivity contribution in [3.05, 3.63) is 41.9 Å². The molecule has 1 heterocycles. The lowest BCUT2D eigenvalue weighted by Crippen LogP contribution is -2.22. The van der Waals surface area contributed by atoms with Gasteiger partial charge in [0.25, 0.3) is 0 Å². The van der Waals surface area contributed by atoms with Crippen molar-refractivity contribution in [3.8, 4) is 11.3 Å². The highest BCUT2D eigenvalue weighted by Crippen LogP contribution is 2.31. The second kappa shape index (κ2) is 7.15. The highest BCUT2D eigenvalue weighted by Gasteiger charge is 2.25. The first kappa shape index (κ1) is 17.9. The van der Waals surface area contributed by atoms with Gasteiger partial charge in [0.15, 0.2) is 5.78 Å². The summed E-state index contributed by atoms with van der Waals surface area (Å²) in [5, 5.41) is 0. The number of carbonyl (C=O) groups is 1. The molecule has 0 N–H and O–H groups in total. The second-order valence-corrected chi connectivity index (χ2v) is 8.46. The summed E-state index contributed by atoms with van der Waals surface area (Å²) < 4.78 is 2.35. The molecule has 0 saturated heterocycles. The summed E-state index contributed by atoms with van der Waals surface area (Å²) in [5.41, 5.74) is 2.61. The molecular formula is C22H30N2O. The minimum atomic E-state index is -0.0158. The van der Waals surface area contributed by atoms with Gasteiger partial charge in [-0.05, 0) is 25.7 Å². The Labute approximate surface area is 151 Å². The van der Waals surface area contributed by atoms with Crippen LogP contribution in [0.1, 0.15) is 76.0 Å². The van der Waals surface area contributed by atoms with E-state index < -0.39 is 0 Å². The summed E-state index contributed by atoms with van der Waals surface area (Å²) in [5.74, 6) is 1.96. The Balaban J connectivity index is 2.00. The molecule has 1 saturated carbocycles. The number of nitrogens with zero attached hydrogens (tertiary/aromatic N) is 2. The Morgan fingerprint density at radius 2 is 1.84 bits per heavy atom. The normalized spacial score (nSPS) is 16.2. The zero-order chi connectivity index (χ0) is 18.0. The Bertz CT molecular complexity index is 746. The first-order valence-electron chi connectivity index (χ1n) is 9.54. The van der Waals surface area contributed by atoms with Crippen molar-refractivity contribution in [1.29, 1.82) is 0 Å². The number of rotatable bonds is 4. The van der Waals surface area contributed by atoms with Gasteiger partial charge in [0.1, 0.15) is 5.82 Å². The third-order valence-electron chi connectivity index (χ3n) is 5.21. The van der Waals surface area contributed by atoms with E-state index >= 15 is 0 Å². The molecule has 1 aliphatic carbocycles. The van der Waals surface area contributed by atoms with Crippen molar-refractivity contribution < 1.29 is 4.79 Å². The van der Waals surface area contributed by atoms with Crippen LogP contribution < -0.4 is 0 Å². The molecule has 0 atom stereocenters. The molecule has 134 valence electrons. The van der Waals surface area contributed by atoms with Gasteiger partial charge in [0, 0.05) is 29.3 Å². The lowest BCUT2D eigenvalue weighted by atomic mass is 9.88. The molecule has 0 radical (unpaired) electrons. The predicted molar refractivity (Wildman–Crippen MR) is 103 cm³/mol. The van der Waals surface area contributed by atoms with Gasteiger partial charge in [0.05, 0.1) is 5.69 Å². The quantitative estimate of drug-likeness (QED) is 0.677. The molecular weight excluding hydrogens is 308 g/mol. The van der Waals surface area contributed by atoms with Crippen LogP contribution in [0.25, 0.3) is 11.3 Å². The highest BCUT2D eigenvalue weighted by molar-refractivity contribution is 6.00. The lowest BCUT2D eigenvalue weighted by molar-refractivity contribution is 0.101. The molecule has 25 heavy (non-hydrogen) atoms. The molecule has 1 aromatic heterocycles. The van der Waals surface area contributed by atoms with Crippen molar-refractivity contribution in [1.82, 2.24) is 9.55 Å². The van der Waals surface area contributed by atoms with Crippen LogP contribution >= 0.6 is 0 Å². The van der Waals surface area contributed by atoms with Crippen LogP contribution in [0.15, 0.2) is 30.5 Å². The largest absolute Gasteiger partial charge is 0.334 e. The van der Waals surface area contributed by atoms with E-state index in [4.69, 9.17) is 4.98 Å². The molecule has 1 aromatic carbocycles. The second-order valence-electron chi connectivity index (χ2n) is 8.46. The summed E-state index contributed by atoms with van der Waals surface area (Å²) in [4.78, 5) is 17.0. The maximum atomic E-state index is 12.0. The molecule has 1 aliphatic rings. The number of imidazole rings is 1. The number of carbonyl (C=O) groups excluding carboxylic acids is 1. The van der Waals surface area contributed by atoms with Crippen LogP contribution in [0.2, 0.25) is 0 Å². The fourth-order valence-corrected chi connectivity index (χ4v) is 3.94. The van der Waals surface area contributed by atoms with Crippen LogP contribution in [0, 0.1) is 5.92 Å². The van der Waals surface area contributed by atoms with Crippen LogP contribution in [0.4, 0.5) is 0 Å². The summed E-state index contributed by atoms with van der Waals surface area (Å²) in [7, 11) is 0. The molecule has 0 unspecified atom stereocenters. The topological polar surface area (TPSA) is 34.9 Å². The van der Waals surface area contributed by atoms with Crippen LogP contribution in [-0.2, 0) is 12.0 Å². The SMILES string of the molecule is CC(=O)c1ccccc1-c1cn(CC2CCCCC2)c(C(C)(C)C)n1. The number of ketones is 1. The van der Waals surface area contributed by atoms with Gasteiger partial charge in [-0.3, -0.25) is 4.79 Å². The van der Waals surface area contributed by atoms with E-state index in [2.05, 4.69) is 31.5 Å². The van der Waals surface area contributed by atoms with Crippen LogP contribution in [0.5, 0.6) is 0 Å². The predicted octanol–water partition coefficient (Wildman–Crippen LogP) is 5.63. The van der Waals surface area contributed by atoms with E-state index in [0.717, 1.165) is 35.1 Å². The van der Waals surface area contributed by atoms with Gasteiger partial charge < -0.3 is 4.57 Å². The van der Waals surface area contributed by atoms with Crippen molar-refractivity contribution >= 4 is 5.78 Å². The minimum absolute atomic E-state index is 0.0158. The molecule has 0 bridgehead atoms. The Kier molecular flexibility index (Phi) is 5.12. The Hall–Kier alpha value is -1.90. The van der Waals surface area contributed by atoms with E-state index in [1.807, 2.05) is 24.3 Å².